The third kappa shape index (κ3) is 4.43. The molecule has 25 heavy (non-hydrogen) atoms. The number of nitrogens with one attached hydrogen (secondary N) is 1. The summed E-state index contributed by atoms with van der Waals surface area (Å²) in [7, 11) is 2.18. The van der Waals surface area contributed by atoms with Gasteiger partial charge in [0.1, 0.15) is 12.4 Å². The van der Waals surface area contributed by atoms with Crippen LogP contribution in [-0.4, -0.2) is 61.2 Å². The van der Waals surface area contributed by atoms with Crippen LogP contribution in [0.4, 0.5) is 4.79 Å². The molecule has 0 aromatic heterocycles. The molecule has 1 aromatic carbocycles. The van der Waals surface area contributed by atoms with Crippen molar-refractivity contribution < 1.29 is 9.53 Å². The number of nitriles is 1. The Morgan fingerprint density at radius 2 is 2.04 bits per heavy atom. The lowest BCUT2D eigenvalue weighted by molar-refractivity contribution is 0.185. The highest BCUT2D eigenvalue weighted by Crippen LogP contribution is 2.28. The van der Waals surface area contributed by atoms with Crippen LogP contribution in [0.25, 0.3) is 0 Å². The van der Waals surface area contributed by atoms with Crippen LogP contribution in [-0.2, 0) is 6.42 Å². The molecule has 2 bridgehead atoms. The van der Waals surface area contributed by atoms with Gasteiger partial charge in [-0.1, -0.05) is 12.1 Å². The Morgan fingerprint density at radius 3 is 2.80 bits per heavy atom. The van der Waals surface area contributed by atoms with Gasteiger partial charge in [0.25, 0.3) is 0 Å². The van der Waals surface area contributed by atoms with Gasteiger partial charge in [-0.2, -0.15) is 5.26 Å². The van der Waals surface area contributed by atoms with Crippen LogP contribution >= 0.6 is 0 Å². The smallest absolute Gasteiger partial charge is 0.317 e. The van der Waals surface area contributed by atoms with Crippen LogP contribution in [0, 0.1) is 11.3 Å². The van der Waals surface area contributed by atoms with Crippen molar-refractivity contribution >= 4 is 6.03 Å². The molecule has 2 fully saturated rings. The summed E-state index contributed by atoms with van der Waals surface area (Å²) < 4.78 is 5.64. The third-order valence-corrected chi connectivity index (χ3v) is 5.29. The number of rotatable bonds is 5. The maximum absolute atomic E-state index is 12.4. The molecule has 6 heteroatoms. The summed E-state index contributed by atoms with van der Waals surface area (Å²) in [6.07, 6.45) is 3.92. The summed E-state index contributed by atoms with van der Waals surface area (Å²) in [5, 5.41) is 11.6. The molecule has 1 N–H and O–H groups in total. The lowest BCUT2D eigenvalue weighted by Gasteiger charge is -2.26. The monoisotopic (exact) mass is 342 g/mol. The second-order valence-corrected chi connectivity index (χ2v) is 6.84. The highest BCUT2D eigenvalue weighted by molar-refractivity contribution is 5.74. The van der Waals surface area contributed by atoms with Crippen LogP contribution in [0.5, 0.6) is 5.75 Å². The number of urea groups is 1. The Bertz CT molecular complexity index is 625. The van der Waals surface area contributed by atoms with Gasteiger partial charge < -0.3 is 15.0 Å². The molecule has 0 saturated carbocycles. The summed E-state index contributed by atoms with van der Waals surface area (Å²) in [5.41, 5.74) is 0.976. The van der Waals surface area contributed by atoms with E-state index in [9.17, 15) is 4.79 Å². The number of nitrogens with zero attached hydrogens (tertiary/aromatic N) is 3. The van der Waals surface area contributed by atoms with Gasteiger partial charge >= 0.3 is 6.03 Å². The topological polar surface area (TPSA) is 68.6 Å². The van der Waals surface area contributed by atoms with Crippen molar-refractivity contribution in [1.29, 1.82) is 5.26 Å². The van der Waals surface area contributed by atoms with Gasteiger partial charge in [0.05, 0.1) is 19.0 Å². The Kier molecular flexibility index (Phi) is 5.77. The van der Waals surface area contributed by atoms with E-state index in [2.05, 4.69) is 23.3 Å². The maximum Gasteiger partial charge on any atom is 0.317 e. The van der Waals surface area contributed by atoms with Crippen LogP contribution in [0.15, 0.2) is 24.3 Å². The van der Waals surface area contributed by atoms with Crippen molar-refractivity contribution in [3.8, 4) is 11.8 Å². The minimum Gasteiger partial charge on any atom is -0.492 e. The van der Waals surface area contributed by atoms with E-state index in [4.69, 9.17) is 10.00 Å². The first kappa shape index (κ1) is 17.6. The quantitative estimate of drug-likeness (QED) is 0.831. The molecule has 1 aromatic rings. The van der Waals surface area contributed by atoms with E-state index in [1.54, 1.807) is 0 Å². The van der Waals surface area contributed by atoms with E-state index in [1.807, 2.05) is 29.2 Å². The first-order valence-electron chi connectivity index (χ1n) is 9.01. The van der Waals surface area contributed by atoms with Crippen molar-refractivity contribution in [3.63, 3.8) is 0 Å². The number of fused-ring (bicyclic) bond motifs is 2. The van der Waals surface area contributed by atoms with E-state index in [0.717, 1.165) is 30.8 Å². The summed E-state index contributed by atoms with van der Waals surface area (Å²) in [6, 6.07) is 10.8. The van der Waals surface area contributed by atoms with Gasteiger partial charge in [0.15, 0.2) is 0 Å². The SMILES string of the molecule is CN1C2CCC1CN(C(=O)NCCOc1ccc(CC#N)cc1)CC2. The maximum atomic E-state index is 12.4. The average molecular weight is 342 g/mol. The summed E-state index contributed by atoms with van der Waals surface area (Å²) in [5.74, 6) is 0.754. The minimum absolute atomic E-state index is 0.00826. The van der Waals surface area contributed by atoms with Crippen molar-refractivity contribution in [1.82, 2.24) is 15.1 Å². The minimum atomic E-state index is 0.00826. The van der Waals surface area contributed by atoms with Gasteiger partial charge in [0.2, 0.25) is 0 Å². The fourth-order valence-electron chi connectivity index (χ4n) is 3.73. The summed E-state index contributed by atoms with van der Waals surface area (Å²) in [6.45, 7) is 2.57. The van der Waals surface area contributed by atoms with Crippen molar-refractivity contribution in [2.75, 3.05) is 33.3 Å². The molecule has 2 heterocycles. The van der Waals surface area contributed by atoms with E-state index in [-0.39, 0.29) is 6.03 Å². The van der Waals surface area contributed by atoms with Gasteiger partial charge in [0, 0.05) is 25.2 Å². The second-order valence-electron chi connectivity index (χ2n) is 6.84. The molecule has 2 atom stereocenters. The molecule has 0 radical (unpaired) electrons. The summed E-state index contributed by atoms with van der Waals surface area (Å²) >= 11 is 0. The zero-order chi connectivity index (χ0) is 17.6. The molecule has 0 spiro atoms. The van der Waals surface area contributed by atoms with E-state index in [1.165, 1.54) is 12.8 Å². The molecule has 2 aliphatic heterocycles. The van der Waals surface area contributed by atoms with Crippen LogP contribution in [0.3, 0.4) is 0 Å². The van der Waals surface area contributed by atoms with E-state index >= 15 is 0 Å². The second kappa shape index (κ2) is 8.21. The fourth-order valence-corrected chi connectivity index (χ4v) is 3.73. The third-order valence-electron chi connectivity index (χ3n) is 5.29. The Balaban J connectivity index is 1.38. The lowest BCUT2D eigenvalue weighted by atomic mass is 10.1. The molecule has 2 saturated heterocycles. The predicted octanol–water partition coefficient (Wildman–Crippen LogP) is 2.01. The normalized spacial score (nSPS) is 23.0. The number of likely N-dealkylation sites (tertiary alicyclic amines) is 1. The summed E-state index contributed by atoms with van der Waals surface area (Å²) in [4.78, 5) is 16.8. The van der Waals surface area contributed by atoms with Gasteiger partial charge in [-0.15, -0.1) is 0 Å². The molecule has 3 rings (SSSR count). The molecule has 134 valence electrons. The standard InChI is InChI=1S/C19H26N4O2/c1-22-16-4-5-17(22)14-23(12-9-16)19(24)21-11-13-25-18-6-2-15(3-7-18)8-10-20/h2-3,6-7,16-17H,4-5,8-9,11-14H2,1H3,(H,21,24). The number of hydrogen-bond acceptors (Lipinski definition) is 4. The number of benzene rings is 1. The molecule has 2 aliphatic rings. The Hall–Kier alpha value is -2.26. The van der Waals surface area contributed by atoms with Crippen LogP contribution < -0.4 is 10.1 Å². The predicted molar refractivity (Wildman–Crippen MR) is 95.4 cm³/mol. The van der Waals surface area contributed by atoms with Crippen molar-refractivity contribution in [3.05, 3.63) is 29.8 Å². The number of hydrogen-bond donors (Lipinski definition) is 1. The Morgan fingerprint density at radius 1 is 1.28 bits per heavy atom. The molecule has 6 nitrogen and oxygen atoms in total. The van der Waals surface area contributed by atoms with Gasteiger partial charge in [-0.3, -0.25) is 4.90 Å². The first-order valence-corrected chi connectivity index (χ1v) is 9.01. The van der Waals surface area contributed by atoms with Crippen molar-refractivity contribution in [2.45, 2.75) is 37.8 Å². The van der Waals surface area contributed by atoms with Crippen LogP contribution in [0.1, 0.15) is 24.8 Å². The highest BCUT2D eigenvalue weighted by atomic mass is 16.5. The van der Waals surface area contributed by atoms with Gasteiger partial charge in [-0.25, -0.2) is 4.79 Å². The first-order chi connectivity index (χ1) is 12.2. The van der Waals surface area contributed by atoms with E-state index in [0.29, 0.717) is 31.7 Å². The number of ether oxygens (including phenoxy) is 1. The van der Waals surface area contributed by atoms with Gasteiger partial charge in [-0.05, 0) is 44.0 Å². The lowest BCUT2D eigenvalue weighted by Crippen LogP contribution is -2.45. The molecule has 0 aliphatic carbocycles. The fraction of sp³-hybridized carbons (Fsp3) is 0.579. The molecular formula is C19H26N4O2. The molecule has 2 amide bonds. The zero-order valence-electron chi connectivity index (χ0n) is 14.8. The molecule has 2 unspecified atom stereocenters. The average Bonchev–Trinajstić information content (AvgIpc) is 2.85. The van der Waals surface area contributed by atoms with E-state index < -0.39 is 0 Å². The largest absolute Gasteiger partial charge is 0.492 e. The number of amides is 2. The molecular weight excluding hydrogens is 316 g/mol. The number of likely N-dealkylation sites (N-methyl/N-ethyl adjacent to an activating group) is 1. The Labute approximate surface area is 149 Å². The highest BCUT2D eigenvalue weighted by Gasteiger charge is 2.35. The number of carbonyl (C=O) groups is 1. The number of carbonyl (C=O) groups excluding carboxylic acids is 1. The zero-order valence-corrected chi connectivity index (χ0v) is 14.8. The van der Waals surface area contributed by atoms with Crippen LogP contribution in [0.2, 0.25) is 0 Å². The van der Waals surface area contributed by atoms with Crippen molar-refractivity contribution in [2.24, 2.45) is 0 Å².